The number of ether oxygens (including phenoxy) is 2. The lowest BCUT2D eigenvalue weighted by Crippen LogP contribution is -2.42. The van der Waals surface area contributed by atoms with Crippen LogP contribution in [0.5, 0.6) is 5.75 Å². The number of aryl methyl sites for hydroxylation is 1. The van der Waals surface area contributed by atoms with E-state index >= 15 is 0 Å². The highest BCUT2D eigenvalue weighted by Crippen LogP contribution is 2.38. The van der Waals surface area contributed by atoms with E-state index in [9.17, 15) is 4.79 Å². The summed E-state index contributed by atoms with van der Waals surface area (Å²) in [5, 5.41) is 7.98. The lowest BCUT2D eigenvalue weighted by Gasteiger charge is -2.31. The fraction of sp³-hybridized carbons (Fsp3) is 0.286. The summed E-state index contributed by atoms with van der Waals surface area (Å²) in [6.45, 7) is 3.55. The molecule has 0 saturated heterocycles. The number of para-hydroxylation sites is 1. The molecule has 1 aliphatic rings. The van der Waals surface area contributed by atoms with Crippen LogP contribution in [-0.4, -0.2) is 52.6 Å². The average molecular weight is 486 g/mol. The van der Waals surface area contributed by atoms with Crippen LogP contribution in [0.2, 0.25) is 0 Å². The zero-order valence-electron chi connectivity index (χ0n) is 20.8. The lowest BCUT2D eigenvalue weighted by atomic mass is 10.0. The number of carbonyl (C=O) groups is 1. The van der Waals surface area contributed by atoms with E-state index < -0.39 is 0 Å². The van der Waals surface area contributed by atoms with Gasteiger partial charge in [-0.2, -0.15) is 5.10 Å². The maximum atomic E-state index is 13.7. The molecule has 0 saturated carbocycles. The van der Waals surface area contributed by atoms with Crippen molar-refractivity contribution in [3.05, 3.63) is 95.4 Å². The Morgan fingerprint density at radius 1 is 1.06 bits per heavy atom. The predicted octanol–water partition coefficient (Wildman–Crippen LogP) is 4.63. The number of rotatable bonds is 7. The van der Waals surface area contributed by atoms with Crippen LogP contribution in [0.3, 0.4) is 0 Å². The monoisotopic (exact) mass is 485 g/mol. The topological polar surface area (TPSA) is 73.5 Å². The minimum Gasteiger partial charge on any atom is -0.497 e. The van der Waals surface area contributed by atoms with Crippen molar-refractivity contribution in [2.75, 3.05) is 27.4 Å². The number of amides is 2. The van der Waals surface area contributed by atoms with Gasteiger partial charge in [-0.1, -0.05) is 30.3 Å². The number of methoxy groups -OCH3 is 2. The Labute approximate surface area is 211 Å². The first kappa shape index (κ1) is 23.7. The van der Waals surface area contributed by atoms with Crippen molar-refractivity contribution in [3.63, 3.8) is 0 Å². The molecule has 1 N–H and O–H groups in total. The van der Waals surface area contributed by atoms with Crippen LogP contribution < -0.4 is 10.1 Å². The van der Waals surface area contributed by atoms with Crippen LogP contribution in [-0.2, 0) is 11.3 Å². The number of nitrogens with zero attached hydrogens (tertiary/aromatic N) is 4. The molecule has 5 rings (SSSR count). The SMILES string of the molecule is COCCCNC(=O)N1Cc2c(C)nn(-c3ccccc3)c2-n2cccc2[C@H]1c1ccc(OC)cc1. The zero-order chi connectivity index (χ0) is 25.1. The minimum atomic E-state index is -0.302. The van der Waals surface area contributed by atoms with E-state index in [1.807, 2.05) is 83.4 Å². The first-order valence-corrected chi connectivity index (χ1v) is 12.1. The third-order valence-electron chi connectivity index (χ3n) is 6.58. The third-order valence-corrected chi connectivity index (χ3v) is 6.58. The van der Waals surface area contributed by atoms with Crippen molar-refractivity contribution in [2.24, 2.45) is 0 Å². The summed E-state index contributed by atoms with van der Waals surface area (Å²) < 4.78 is 14.7. The molecule has 0 aliphatic carbocycles. The number of nitrogens with one attached hydrogen (secondary N) is 1. The number of hydrogen-bond donors (Lipinski definition) is 1. The largest absolute Gasteiger partial charge is 0.497 e. The Hall–Kier alpha value is -4.04. The van der Waals surface area contributed by atoms with Crippen molar-refractivity contribution in [2.45, 2.75) is 25.9 Å². The smallest absolute Gasteiger partial charge is 0.318 e. The Bertz CT molecular complexity index is 1330. The van der Waals surface area contributed by atoms with Gasteiger partial charge >= 0.3 is 6.03 Å². The lowest BCUT2D eigenvalue weighted by molar-refractivity contribution is 0.174. The number of fused-ring (bicyclic) bond motifs is 3. The molecule has 0 fully saturated rings. The second-order valence-electron chi connectivity index (χ2n) is 8.82. The van der Waals surface area contributed by atoms with E-state index in [2.05, 4.69) is 16.0 Å². The van der Waals surface area contributed by atoms with E-state index in [-0.39, 0.29) is 12.1 Å². The van der Waals surface area contributed by atoms with E-state index in [0.29, 0.717) is 19.7 Å². The molecular formula is C28H31N5O3. The van der Waals surface area contributed by atoms with Gasteiger partial charge in [0.05, 0.1) is 36.8 Å². The van der Waals surface area contributed by atoms with Gasteiger partial charge in [-0.25, -0.2) is 9.48 Å². The summed E-state index contributed by atoms with van der Waals surface area (Å²) in [5.74, 6) is 1.73. The molecule has 186 valence electrons. The molecule has 1 aliphatic heterocycles. The van der Waals surface area contributed by atoms with Crippen molar-refractivity contribution in [3.8, 4) is 17.3 Å². The Morgan fingerprint density at radius 2 is 1.83 bits per heavy atom. The molecule has 0 spiro atoms. The van der Waals surface area contributed by atoms with Crippen LogP contribution in [0.1, 0.15) is 35.0 Å². The van der Waals surface area contributed by atoms with E-state index in [4.69, 9.17) is 14.6 Å². The first-order valence-electron chi connectivity index (χ1n) is 12.1. The molecule has 8 heteroatoms. The summed E-state index contributed by atoms with van der Waals surface area (Å²) in [7, 11) is 3.32. The van der Waals surface area contributed by atoms with Crippen LogP contribution >= 0.6 is 0 Å². The molecule has 1 atom stereocenters. The summed E-state index contributed by atoms with van der Waals surface area (Å²) in [4.78, 5) is 15.6. The molecule has 4 aromatic rings. The minimum absolute atomic E-state index is 0.126. The van der Waals surface area contributed by atoms with Crippen LogP contribution in [0.15, 0.2) is 72.9 Å². The number of carbonyl (C=O) groups excluding carboxylic acids is 1. The average Bonchev–Trinajstić information content (AvgIpc) is 3.47. The van der Waals surface area contributed by atoms with E-state index in [1.165, 1.54) is 0 Å². The number of hydrogen-bond acceptors (Lipinski definition) is 4. The predicted molar refractivity (Wildman–Crippen MR) is 138 cm³/mol. The van der Waals surface area contributed by atoms with Crippen molar-refractivity contribution in [1.82, 2.24) is 24.6 Å². The molecule has 36 heavy (non-hydrogen) atoms. The Morgan fingerprint density at radius 3 is 2.56 bits per heavy atom. The molecule has 0 bridgehead atoms. The van der Waals surface area contributed by atoms with Crippen LogP contribution in [0.4, 0.5) is 4.79 Å². The number of urea groups is 1. The van der Waals surface area contributed by atoms with Gasteiger partial charge in [-0.05, 0) is 55.3 Å². The van der Waals surface area contributed by atoms with Crippen molar-refractivity contribution >= 4 is 6.03 Å². The zero-order valence-corrected chi connectivity index (χ0v) is 20.8. The summed E-state index contributed by atoms with van der Waals surface area (Å²) >= 11 is 0. The Balaban J connectivity index is 1.64. The fourth-order valence-corrected chi connectivity index (χ4v) is 4.80. The van der Waals surface area contributed by atoms with Gasteiger partial charge in [0.25, 0.3) is 0 Å². The third kappa shape index (κ3) is 4.35. The summed E-state index contributed by atoms with van der Waals surface area (Å²) in [6, 6.07) is 21.7. The first-order chi connectivity index (χ1) is 17.6. The fourth-order valence-electron chi connectivity index (χ4n) is 4.80. The quantitative estimate of drug-likeness (QED) is 0.388. The maximum absolute atomic E-state index is 13.7. The second-order valence-corrected chi connectivity index (χ2v) is 8.82. The molecule has 0 radical (unpaired) electrons. The normalized spacial score (nSPS) is 14.6. The van der Waals surface area contributed by atoms with Gasteiger partial charge in [-0.3, -0.25) is 0 Å². The molecule has 0 unspecified atom stereocenters. The highest BCUT2D eigenvalue weighted by atomic mass is 16.5. The second kappa shape index (κ2) is 10.3. The summed E-state index contributed by atoms with van der Waals surface area (Å²) in [6.07, 6.45) is 2.79. The van der Waals surface area contributed by atoms with Gasteiger partial charge in [0.15, 0.2) is 0 Å². The molecule has 2 amide bonds. The van der Waals surface area contributed by atoms with Gasteiger partial charge in [0.2, 0.25) is 0 Å². The van der Waals surface area contributed by atoms with Crippen LogP contribution in [0.25, 0.3) is 11.5 Å². The molecule has 2 aromatic heterocycles. The maximum Gasteiger partial charge on any atom is 0.318 e. The van der Waals surface area contributed by atoms with E-state index in [1.54, 1.807) is 14.2 Å². The molecule has 2 aromatic carbocycles. The Kier molecular flexibility index (Phi) is 6.77. The summed E-state index contributed by atoms with van der Waals surface area (Å²) in [5.41, 5.74) is 4.87. The van der Waals surface area contributed by atoms with Crippen LogP contribution in [0, 0.1) is 6.92 Å². The standard InChI is InChI=1S/C28H31N5O3/c1-20-24-19-32(28(34)29-16-8-18-35-2)26(21-12-14-23(36-3)15-13-21)25-11-7-17-31(25)27(24)33(30-20)22-9-5-4-6-10-22/h4-7,9-15,17,26H,8,16,18-19H2,1-3H3,(H,29,34)/t26-/m1/s1. The molecule has 3 heterocycles. The number of benzene rings is 2. The van der Waals surface area contributed by atoms with Gasteiger partial charge in [0.1, 0.15) is 11.6 Å². The van der Waals surface area contributed by atoms with Gasteiger partial charge < -0.3 is 24.3 Å². The number of aromatic nitrogens is 3. The molecule has 8 nitrogen and oxygen atoms in total. The van der Waals surface area contributed by atoms with Crippen molar-refractivity contribution in [1.29, 1.82) is 0 Å². The highest BCUT2D eigenvalue weighted by Gasteiger charge is 2.35. The van der Waals surface area contributed by atoms with Crippen molar-refractivity contribution < 1.29 is 14.3 Å². The highest BCUT2D eigenvalue weighted by molar-refractivity contribution is 5.76. The van der Waals surface area contributed by atoms with Gasteiger partial charge in [0, 0.05) is 32.0 Å². The molecular weight excluding hydrogens is 454 g/mol. The van der Waals surface area contributed by atoms with Gasteiger partial charge in [-0.15, -0.1) is 0 Å². The van der Waals surface area contributed by atoms with E-state index in [0.717, 1.165) is 46.2 Å².